The molecule has 0 spiro atoms. The Balaban J connectivity index is 2.32. The van der Waals surface area contributed by atoms with Gasteiger partial charge in [-0.2, -0.15) is 0 Å². The molecule has 1 saturated heterocycles. The van der Waals surface area contributed by atoms with Gasteiger partial charge in [0, 0.05) is 6.04 Å². The van der Waals surface area contributed by atoms with Gasteiger partial charge >= 0.3 is 0 Å². The highest BCUT2D eigenvalue weighted by atomic mass is 14.9. The Kier molecular flexibility index (Phi) is 2.83. The van der Waals surface area contributed by atoms with E-state index in [9.17, 15) is 0 Å². The highest BCUT2D eigenvalue weighted by Crippen LogP contribution is 2.30. The van der Waals surface area contributed by atoms with Crippen LogP contribution in [0.2, 0.25) is 0 Å². The molecule has 1 fully saturated rings. The molecule has 1 aromatic carbocycles. The molecule has 1 nitrogen and oxygen atoms in total. The first-order valence-corrected chi connectivity index (χ1v) is 5.89. The van der Waals surface area contributed by atoms with E-state index in [1.807, 2.05) is 0 Å². The maximum atomic E-state index is 3.61. The molecule has 1 heteroatoms. The second-order valence-corrected chi connectivity index (χ2v) is 5.09. The third-order valence-corrected chi connectivity index (χ3v) is 3.61. The molecule has 2 rings (SSSR count). The first-order chi connectivity index (χ1) is 7.08. The average Bonchev–Trinajstić information content (AvgIpc) is 2.58. The summed E-state index contributed by atoms with van der Waals surface area (Å²) in [6.07, 6.45) is 1.28. The topological polar surface area (TPSA) is 12.0 Å². The lowest BCUT2D eigenvalue weighted by atomic mass is 9.93. The highest BCUT2D eigenvalue weighted by Gasteiger charge is 2.23. The van der Waals surface area contributed by atoms with Gasteiger partial charge in [0.1, 0.15) is 0 Å². The minimum Gasteiger partial charge on any atom is -0.310 e. The summed E-state index contributed by atoms with van der Waals surface area (Å²) in [5.74, 6) is 0.816. The number of rotatable bonds is 1. The molecule has 0 saturated carbocycles. The van der Waals surface area contributed by atoms with Gasteiger partial charge < -0.3 is 5.32 Å². The summed E-state index contributed by atoms with van der Waals surface area (Å²) < 4.78 is 0. The van der Waals surface area contributed by atoms with Crippen molar-refractivity contribution in [3.8, 4) is 0 Å². The molecule has 82 valence electrons. The van der Waals surface area contributed by atoms with Gasteiger partial charge in [0.05, 0.1) is 0 Å². The van der Waals surface area contributed by atoms with E-state index in [0.29, 0.717) is 6.04 Å². The summed E-state index contributed by atoms with van der Waals surface area (Å²) in [6, 6.07) is 5.26. The fraction of sp³-hybridized carbons (Fsp3) is 0.571. The zero-order valence-electron chi connectivity index (χ0n) is 10.2. The van der Waals surface area contributed by atoms with E-state index in [2.05, 4.69) is 45.1 Å². The standard InChI is InChI=1S/C14H21N/c1-9-5-14(15-8-9)13-7-11(3)10(2)6-12(13)4/h6-7,9,14-15H,5,8H2,1-4H3/t9-,14+/m0/s1. The monoisotopic (exact) mass is 203 g/mol. The molecule has 1 aliphatic heterocycles. The smallest absolute Gasteiger partial charge is 0.0326 e. The number of aryl methyl sites for hydroxylation is 3. The molecule has 0 unspecified atom stereocenters. The molecular formula is C14H21N. The van der Waals surface area contributed by atoms with Crippen LogP contribution in [0, 0.1) is 26.7 Å². The lowest BCUT2D eigenvalue weighted by Gasteiger charge is -2.16. The molecule has 1 N–H and O–H groups in total. The fourth-order valence-electron chi connectivity index (χ4n) is 2.51. The van der Waals surface area contributed by atoms with E-state index in [1.54, 1.807) is 0 Å². The Morgan fingerprint density at radius 1 is 1.07 bits per heavy atom. The fourth-order valence-corrected chi connectivity index (χ4v) is 2.51. The summed E-state index contributed by atoms with van der Waals surface area (Å²) in [4.78, 5) is 0. The minimum atomic E-state index is 0.583. The van der Waals surface area contributed by atoms with Crippen LogP contribution in [-0.2, 0) is 0 Å². The number of hydrogen-bond acceptors (Lipinski definition) is 1. The third-order valence-electron chi connectivity index (χ3n) is 3.61. The van der Waals surface area contributed by atoms with Crippen molar-refractivity contribution >= 4 is 0 Å². The molecule has 0 aliphatic carbocycles. The Morgan fingerprint density at radius 2 is 1.73 bits per heavy atom. The van der Waals surface area contributed by atoms with Crippen LogP contribution in [-0.4, -0.2) is 6.54 Å². The molecule has 0 radical (unpaired) electrons. The SMILES string of the molecule is Cc1cc(C)c([C@H]2C[C@H](C)CN2)cc1C. The van der Waals surface area contributed by atoms with Gasteiger partial charge in [-0.3, -0.25) is 0 Å². The molecule has 1 aliphatic rings. The summed E-state index contributed by atoms with van der Waals surface area (Å²) in [5.41, 5.74) is 5.76. The van der Waals surface area contributed by atoms with Crippen molar-refractivity contribution in [1.29, 1.82) is 0 Å². The molecule has 0 bridgehead atoms. The first kappa shape index (κ1) is 10.7. The van der Waals surface area contributed by atoms with E-state index >= 15 is 0 Å². The Morgan fingerprint density at radius 3 is 2.33 bits per heavy atom. The van der Waals surface area contributed by atoms with Crippen LogP contribution < -0.4 is 5.32 Å². The lowest BCUT2D eigenvalue weighted by Crippen LogP contribution is -2.14. The molecule has 1 heterocycles. The van der Waals surface area contributed by atoms with Crippen molar-refractivity contribution in [3.05, 3.63) is 34.4 Å². The first-order valence-electron chi connectivity index (χ1n) is 5.89. The molecule has 0 amide bonds. The van der Waals surface area contributed by atoms with Crippen molar-refractivity contribution in [2.45, 2.75) is 40.2 Å². The van der Waals surface area contributed by atoms with Gasteiger partial charge in [0.25, 0.3) is 0 Å². The van der Waals surface area contributed by atoms with Gasteiger partial charge in [0.2, 0.25) is 0 Å². The zero-order chi connectivity index (χ0) is 11.0. The van der Waals surface area contributed by atoms with Crippen molar-refractivity contribution in [2.24, 2.45) is 5.92 Å². The quantitative estimate of drug-likeness (QED) is 0.738. The number of nitrogens with one attached hydrogen (secondary N) is 1. The van der Waals surface area contributed by atoms with Crippen LogP contribution in [0.1, 0.15) is 41.6 Å². The normalized spacial score (nSPS) is 25.9. The maximum Gasteiger partial charge on any atom is 0.0326 e. The highest BCUT2D eigenvalue weighted by molar-refractivity contribution is 5.38. The van der Waals surface area contributed by atoms with Crippen LogP contribution in [0.3, 0.4) is 0 Å². The van der Waals surface area contributed by atoms with E-state index in [4.69, 9.17) is 0 Å². The van der Waals surface area contributed by atoms with Crippen molar-refractivity contribution in [1.82, 2.24) is 5.32 Å². The van der Waals surface area contributed by atoms with E-state index in [1.165, 1.54) is 28.7 Å². The largest absolute Gasteiger partial charge is 0.310 e. The maximum absolute atomic E-state index is 3.61. The summed E-state index contributed by atoms with van der Waals surface area (Å²) >= 11 is 0. The lowest BCUT2D eigenvalue weighted by molar-refractivity contribution is 0.609. The summed E-state index contributed by atoms with van der Waals surface area (Å²) in [5, 5.41) is 3.61. The van der Waals surface area contributed by atoms with Crippen LogP contribution in [0.15, 0.2) is 12.1 Å². The molecule has 1 aromatic rings. The zero-order valence-corrected chi connectivity index (χ0v) is 10.2. The van der Waals surface area contributed by atoms with E-state index in [-0.39, 0.29) is 0 Å². The third kappa shape index (κ3) is 2.07. The Bertz CT molecular complexity index is 368. The Hall–Kier alpha value is -0.820. The molecule has 2 atom stereocenters. The van der Waals surface area contributed by atoms with Gasteiger partial charge in [-0.05, 0) is 61.9 Å². The summed E-state index contributed by atoms with van der Waals surface area (Å²) in [6.45, 7) is 10.1. The van der Waals surface area contributed by atoms with E-state index < -0.39 is 0 Å². The van der Waals surface area contributed by atoms with Crippen LogP contribution >= 0.6 is 0 Å². The van der Waals surface area contributed by atoms with Gasteiger partial charge in [-0.15, -0.1) is 0 Å². The predicted molar refractivity (Wildman–Crippen MR) is 65.2 cm³/mol. The van der Waals surface area contributed by atoms with Gasteiger partial charge in [-0.1, -0.05) is 19.1 Å². The molecule has 15 heavy (non-hydrogen) atoms. The molecular weight excluding hydrogens is 182 g/mol. The Labute approximate surface area is 92.9 Å². The van der Waals surface area contributed by atoms with Crippen molar-refractivity contribution < 1.29 is 0 Å². The van der Waals surface area contributed by atoms with Crippen molar-refractivity contribution in [3.63, 3.8) is 0 Å². The molecule has 0 aromatic heterocycles. The minimum absolute atomic E-state index is 0.583. The van der Waals surface area contributed by atoms with Crippen LogP contribution in [0.4, 0.5) is 0 Å². The van der Waals surface area contributed by atoms with E-state index in [0.717, 1.165) is 12.5 Å². The second kappa shape index (κ2) is 3.97. The van der Waals surface area contributed by atoms with Crippen LogP contribution in [0.5, 0.6) is 0 Å². The van der Waals surface area contributed by atoms with Gasteiger partial charge in [0.15, 0.2) is 0 Å². The van der Waals surface area contributed by atoms with Gasteiger partial charge in [-0.25, -0.2) is 0 Å². The average molecular weight is 203 g/mol. The number of benzene rings is 1. The van der Waals surface area contributed by atoms with Crippen molar-refractivity contribution in [2.75, 3.05) is 6.54 Å². The summed E-state index contributed by atoms with van der Waals surface area (Å²) in [7, 11) is 0. The predicted octanol–water partition coefficient (Wildman–Crippen LogP) is 3.28. The van der Waals surface area contributed by atoms with Crippen LogP contribution in [0.25, 0.3) is 0 Å². The second-order valence-electron chi connectivity index (χ2n) is 5.09. The number of hydrogen-bond donors (Lipinski definition) is 1.